The van der Waals surface area contributed by atoms with Crippen molar-refractivity contribution in [2.24, 2.45) is 0 Å². The lowest BCUT2D eigenvalue weighted by Crippen LogP contribution is -2.22. The van der Waals surface area contributed by atoms with Crippen LogP contribution in [0.15, 0.2) is 24.5 Å². The summed E-state index contributed by atoms with van der Waals surface area (Å²) in [6, 6.07) is 3.49. The average molecular weight is 255 g/mol. The second-order valence-electron chi connectivity index (χ2n) is 3.25. The van der Waals surface area contributed by atoms with Crippen LogP contribution in [0.25, 0.3) is 0 Å². The van der Waals surface area contributed by atoms with Gasteiger partial charge < -0.3 is 15.3 Å². The quantitative estimate of drug-likeness (QED) is 0.656. The van der Waals surface area contributed by atoms with Crippen molar-refractivity contribution in [3.8, 4) is 0 Å². The van der Waals surface area contributed by atoms with Crippen molar-refractivity contribution in [2.75, 3.05) is 0 Å². The largest absolute Gasteiger partial charge is 0.481 e. The molecule has 0 amide bonds. The third-order valence-corrected chi connectivity index (χ3v) is 1.72. The predicted octanol–water partition coefficient (Wildman–Crippen LogP) is 0.191. The van der Waals surface area contributed by atoms with E-state index in [4.69, 9.17) is 15.3 Å². The lowest BCUT2D eigenvalue weighted by Gasteiger charge is -1.97. The van der Waals surface area contributed by atoms with Crippen LogP contribution in [0.5, 0.6) is 0 Å². The third kappa shape index (κ3) is 7.07. The molecule has 18 heavy (non-hydrogen) atoms. The van der Waals surface area contributed by atoms with Gasteiger partial charge in [-0.2, -0.15) is 0 Å². The van der Waals surface area contributed by atoms with E-state index in [1.165, 1.54) is 6.92 Å². The minimum absolute atomic E-state index is 0.0584. The molecule has 7 nitrogen and oxygen atoms in total. The van der Waals surface area contributed by atoms with Gasteiger partial charge in [0.1, 0.15) is 0 Å². The molecule has 1 aromatic rings. The number of carbonyl (C=O) groups is 3. The molecular formula is C11H13NO6. The summed E-state index contributed by atoms with van der Waals surface area (Å²) in [5.41, 5.74) is 0.664. The number of nitrogens with zero attached hydrogens (tertiary/aromatic N) is 1. The predicted molar refractivity (Wildman–Crippen MR) is 60.1 cm³/mol. The molecule has 0 radical (unpaired) electrons. The first-order valence-electron chi connectivity index (χ1n) is 4.88. The first kappa shape index (κ1) is 15.7. The monoisotopic (exact) mass is 255 g/mol. The summed E-state index contributed by atoms with van der Waals surface area (Å²) in [5, 5.41) is 24.1. The number of carbonyl (C=O) groups excluding carboxylic acids is 1. The van der Waals surface area contributed by atoms with Gasteiger partial charge in [0.25, 0.3) is 0 Å². The minimum Gasteiger partial charge on any atom is -0.481 e. The van der Waals surface area contributed by atoms with E-state index in [0.29, 0.717) is 5.56 Å². The number of ketones is 1. The maximum Gasteiger partial charge on any atom is 0.333 e. The van der Waals surface area contributed by atoms with Gasteiger partial charge in [0.05, 0.1) is 6.42 Å². The lowest BCUT2D eigenvalue weighted by molar-refractivity contribution is -0.152. The maximum absolute atomic E-state index is 10.6. The van der Waals surface area contributed by atoms with E-state index in [-0.39, 0.29) is 5.78 Å². The highest BCUT2D eigenvalue weighted by molar-refractivity contribution is 5.93. The minimum atomic E-state index is -1.79. The average Bonchev–Trinajstić information content (AvgIpc) is 2.30. The zero-order valence-electron chi connectivity index (χ0n) is 9.61. The molecule has 0 aliphatic heterocycles. The summed E-state index contributed by atoms with van der Waals surface area (Å²) < 4.78 is 0. The number of hydrogen-bond acceptors (Lipinski definition) is 5. The second-order valence-corrected chi connectivity index (χ2v) is 3.25. The van der Waals surface area contributed by atoms with Gasteiger partial charge in [-0.3, -0.25) is 14.6 Å². The molecule has 0 bridgehead atoms. The number of carboxylic acid groups (broad SMARTS) is 2. The van der Waals surface area contributed by atoms with E-state index in [2.05, 4.69) is 4.98 Å². The molecule has 1 aromatic heterocycles. The van der Waals surface area contributed by atoms with Gasteiger partial charge >= 0.3 is 11.9 Å². The number of aromatic nitrogens is 1. The normalized spacial score (nSPS) is 10.8. The lowest BCUT2D eigenvalue weighted by atomic mass is 10.2. The van der Waals surface area contributed by atoms with Crippen LogP contribution in [0.2, 0.25) is 0 Å². The standard InChI is InChI=1S/C7H7NO.C4H6O5/c1-6(9)7-3-2-4-8-5-7;5-2(4(8)9)1-3(6)7/h2-5H,1H3;2,5H,1H2,(H,6,7)(H,8,9). The van der Waals surface area contributed by atoms with Crippen molar-refractivity contribution in [1.82, 2.24) is 4.98 Å². The Hall–Kier alpha value is -2.28. The first-order valence-corrected chi connectivity index (χ1v) is 4.88. The van der Waals surface area contributed by atoms with E-state index >= 15 is 0 Å². The molecule has 0 aromatic carbocycles. The Kier molecular flexibility index (Phi) is 6.91. The van der Waals surface area contributed by atoms with Crippen LogP contribution >= 0.6 is 0 Å². The highest BCUT2D eigenvalue weighted by atomic mass is 16.4. The second kappa shape index (κ2) is 7.91. The van der Waals surface area contributed by atoms with Crippen molar-refractivity contribution in [3.63, 3.8) is 0 Å². The Morgan fingerprint density at radius 2 is 1.94 bits per heavy atom. The fourth-order valence-corrected chi connectivity index (χ4v) is 0.824. The van der Waals surface area contributed by atoms with Crippen LogP contribution in [0.3, 0.4) is 0 Å². The molecule has 0 aliphatic rings. The highest BCUT2D eigenvalue weighted by Crippen LogP contribution is 1.94. The van der Waals surface area contributed by atoms with Crippen LogP contribution in [0, 0.1) is 0 Å². The molecule has 0 saturated carbocycles. The Bertz CT molecular complexity index is 417. The van der Waals surface area contributed by atoms with Crippen LogP contribution in [-0.4, -0.2) is 44.1 Å². The summed E-state index contributed by atoms with van der Waals surface area (Å²) in [6.45, 7) is 1.52. The van der Waals surface area contributed by atoms with Gasteiger partial charge in [-0.1, -0.05) is 0 Å². The fraction of sp³-hybridized carbons (Fsp3) is 0.273. The van der Waals surface area contributed by atoms with E-state index in [1.807, 2.05) is 0 Å². The number of carboxylic acids is 2. The van der Waals surface area contributed by atoms with Crippen molar-refractivity contribution in [3.05, 3.63) is 30.1 Å². The molecule has 1 heterocycles. The summed E-state index contributed by atoms with van der Waals surface area (Å²) in [7, 11) is 0. The van der Waals surface area contributed by atoms with Crippen LogP contribution in [0.1, 0.15) is 23.7 Å². The Morgan fingerprint density at radius 3 is 2.17 bits per heavy atom. The number of Topliss-reactive ketones (excluding diaryl/α,β-unsaturated/α-hetero) is 1. The van der Waals surface area contributed by atoms with E-state index in [1.54, 1.807) is 24.5 Å². The zero-order valence-corrected chi connectivity index (χ0v) is 9.61. The molecule has 3 N–H and O–H groups in total. The van der Waals surface area contributed by atoms with Gasteiger partial charge in [-0.15, -0.1) is 0 Å². The van der Waals surface area contributed by atoms with Crippen molar-refractivity contribution in [1.29, 1.82) is 0 Å². The molecule has 0 aliphatic carbocycles. The van der Waals surface area contributed by atoms with Crippen LogP contribution in [0.4, 0.5) is 0 Å². The van der Waals surface area contributed by atoms with E-state index in [0.717, 1.165) is 0 Å². The number of hydrogen-bond donors (Lipinski definition) is 3. The van der Waals surface area contributed by atoms with E-state index < -0.39 is 24.5 Å². The fourth-order valence-electron chi connectivity index (χ4n) is 0.824. The topological polar surface area (TPSA) is 125 Å². The van der Waals surface area contributed by atoms with Gasteiger partial charge in [0.2, 0.25) is 0 Å². The van der Waals surface area contributed by atoms with Gasteiger partial charge in [-0.05, 0) is 19.1 Å². The summed E-state index contributed by atoms with van der Waals surface area (Å²) in [4.78, 5) is 33.8. The molecular weight excluding hydrogens is 242 g/mol. The SMILES string of the molecule is CC(=O)c1cccnc1.O=C(O)CC(O)C(=O)O. The number of rotatable bonds is 4. The highest BCUT2D eigenvalue weighted by Gasteiger charge is 2.16. The van der Waals surface area contributed by atoms with Crippen molar-refractivity contribution >= 4 is 17.7 Å². The van der Waals surface area contributed by atoms with Crippen molar-refractivity contribution < 1.29 is 29.7 Å². The van der Waals surface area contributed by atoms with Crippen LogP contribution in [-0.2, 0) is 9.59 Å². The molecule has 0 spiro atoms. The smallest absolute Gasteiger partial charge is 0.333 e. The van der Waals surface area contributed by atoms with Gasteiger partial charge in [-0.25, -0.2) is 4.79 Å². The number of aliphatic carboxylic acids is 2. The maximum atomic E-state index is 10.6. The number of pyridine rings is 1. The third-order valence-electron chi connectivity index (χ3n) is 1.72. The Labute approximate surface area is 103 Å². The molecule has 98 valence electrons. The first-order chi connectivity index (χ1) is 8.34. The number of aliphatic hydroxyl groups is 1. The molecule has 7 heteroatoms. The summed E-state index contributed by atoms with van der Waals surface area (Å²) in [5.74, 6) is -2.79. The Balaban J connectivity index is 0.000000321. The molecule has 0 saturated heterocycles. The molecule has 1 atom stereocenters. The van der Waals surface area contributed by atoms with Crippen LogP contribution < -0.4 is 0 Å². The molecule has 1 unspecified atom stereocenters. The van der Waals surface area contributed by atoms with Crippen molar-refractivity contribution in [2.45, 2.75) is 19.4 Å². The van der Waals surface area contributed by atoms with Gasteiger partial charge in [0, 0.05) is 18.0 Å². The summed E-state index contributed by atoms with van der Waals surface area (Å²) >= 11 is 0. The Morgan fingerprint density at radius 1 is 1.33 bits per heavy atom. The summed E-state index contributed by atoms with van der Waals surface area (Å²) in [6.07, 6.45) is 0.659. The zero-order chi connectivity index (χ0) is 14.1. The number of aliphatic hydroxyl groups excluding tert-OH is 1. The molecule has 1 rings (SSSR count). The molecule has 0 fully saturated rings. The van der Waals surface area contributed by atoms with E-state index in [9.17, 15) is 14.4 Å². The van der Waals surface area contributed by atoms with Gasteiger partial charge in [0.15, 0.2) is 11.9 Å².